The number of benzene rings is 1. The number of carbonyl (C=O) groups is 2. The third kappa shape index (κ3) is 5.03. The summed E-state index contributed by atoms with van der Waals surface area (Å²) in [6.45, 7) is 6.86. The van der Waals surface area contributed by atoms with Gasteiger partial charge in [-0.25, -0.2) is 0 Å². The summed E-state index contributed by atoms with van der Waals surface area (Å²) >= 11 is 0. The number of fused-ring (bicyclic) bond motifs is 1. The van der Waals surface area contributed by atoms with E-state index in [1.165, 1.54) is 37.9 Å². The molecule has 0 spiro atoms. The van der Waals surface area contributed by atoms with Gasteiger partial charge in [0, 0.05) is 51.3 Å². The molecule has 1 aromatic rings. The van der Waals surface area contributed by atoms with Crippen molar-refractivity contribution in [3.05, 3.63) is 35.4 Å². The number of nitrogens with zero attached hydrogens (tertiary/aromatic N) is 3. The minimum absolute atomic E-state index is 0.0250. The molecule has 2 N–H and O–H groups in total. The Kier molecular flexibility index (Phi) is 6.74. The minimum atomic E-state index is -0.172. The smallest absolute Gasteiger partial charge is 0.253 e. The lowest BCUT2D eigenvalue weighted by atomic mass is 9.96. The molecule has 2 saturated heterocycles. The molecule has 6 heteroatoms. The van der Waals surface area contributed by atoms with Gasteiger partial charge in [-0.3, -0.25) is 14.5 Å². The predicted octanol–water partition coefficient (Wildman–Crippen LogP) is 2.19. The van der Waals surface area contributed by atoms with E-state index in [4.69, 9.17) is 5.73 Å². The Bertz CT molecular complexity index is 730. The van der Waals surface area contributed by atoms with Gasteiger partial charge in [-0.05, 0) is 68.3 Å². The molecular formula is C24H36N4O2. The summed E-state index contributed by atoms with van der Waals surface area (Å²) in [5.41, 5.74) is 7.38. The molecule has 2 atom stereocenters. The first-order valence-electron chi connectivity index (χ1n) is 11.6. The highest BCUT2D eigenvalue weighted by molar-refractivity contribution is 5.94. The molecule has 2 heterocycles. The fourth-order valence-electron chi connectivity index (χ4n) is 5.51. The van der Waals surface area contributed by atoms with E-state index in [0.717, 1.165) is 63.0 Å². The predicted molar refractivity (Wildman–Crippen MR) is 118 cm³/mol. The lowest BCUT2D eigenvalue weighted by Gasteiger charge is -2.30. The van der Waals surface area contributed by atoms with Crippen molar-refractivity contribution in [3.8, 4) is 0 Å². The van der Waals surface area contributed by atoms with Crippen molar-refractivity contribution in [1.29, 1.82) is 0 Å². The number of hydrogen-bond acceptors (Lipinski definition) is 4. The third-order valence-electron chi connectivity index (χ3n) is 7.50. The van der Waals surface area contributed by atoms with Gasteiger partial charge < -0.3 is 15.5 Å². The quantitative estimate of drug-likeness (QED) is 0.745. The fourth-order valence-corrected chi connectivity index (χ4v) is 5.51. The zero-order chi connectivity index (χ0) is 21.1. The van der Waals surface area contributed by atoms with E-state index in [2.05, 4.69) is 21.9 Å². The number of hydrogen-bond donors (Lipinski definition) is 1. The first kappa shape index (κ1) is 21.3. The zero-order valence-electron chi connectivity index (χ0n) is 18.3. The van der Waals surface area contributed by atoms with Crippen LogP contribution in [-0.4, -0.2) is 72.8 Å². The molecule has 164 valence electrons. The molecule has 0 aromatic heterocycles. The number of carbonyl (C=O) groups excluding carboxylic acids is 2. The van der Waals surface area contributed by atoms with Crippen molar-refractivity contribution in [1.82, 2.24) is 14.7 Å². The van der Waals surface area contributed by atoms with E-state index in [1.807, 2.05) is 24.1 Å². The SMILES string of the molecule is CN(CCN1CC2CCCC2C1)C(=O)c1ccc(CN2CCC(C(N)=O)CC2)cc1. The molecule has 3 fully saturated rings. The Morgan fingerprint density at radius 1 is 1.00 bits per heavy atom. The molecule has 2 unspecified atom stereocenters. The van der Waals surface area contributed by atoms with E-state index in [0.29, 0.717) is 0 Å². The normalized spacial score (nSPS) is 25.4. The van der Waals surface area contributed by atoms with Crippen LogP contribution in [0.5, 0.6) is 0 Å². The fraction of sp³-hybridized carbons (Fsp3) is 0.667. The molecule has 1 aromatic carbocycles. The molecule has 0 bridgehead atoms. The molecule has 0 radical (unpaired) electrons. The molecule has 1 aliphatic carbocycles. The van der Waals surface area contributed by atoms with Crippen LogP contribution in [-0.2, 0) is 11.3 Å². The first-order chi connectivity index (χ1) is 14.5. The standard InChI is InChI=1S/C24H36N4O2/c1-26(13-14-28-16-21-3-2-4-22(21)17-28)24(30)20-7-5-18(6-8-20)15-27-11-9-19(10-12-27)23(25)29/h5-8,19,21-22H,2-4,9-17H2,1H3,(H2,25,29). The van der Waals surface area contributed by atoms with E-state index in [-0.39, 0.29) is 17.7 Å². The second-order valence-electron chi connectivity index (χ2n) is 9.59. The number of primary amides is 1. The molecule has 30 heavy (non-hydrogen) atoms. The topological polar surface area (TPSA) is 69.9 Å². The van der Waals surface area contributed by atoms with Crippen molar-refractivity contribution in [2.75, 3.05) is 46.3 Å². The van der Waals surface area contributed by atoms with E-state index >= 15 is 0 Å². The second kappa shape index (κ2) is 9.48. The van der Waals surface area contributed by atoms with Crippen molar-refractivity contribution < 1.29 is 9.59 Å². The van der Waals surface area contributed by atoms with Crippen molar-refractivity contribution in [3.63, 3.8) is 0 Å². The van der Waals surface area contributed by atoms with Crippen LogP contribution in [0.3, 0.4) is 0 Å². The zero-order valence-corrected chi connectivity index (χ0v) is 18.3. The average molecular weight is 413 g/mol. The van der Waals surface area contributed by atoms with Crippen LogP contribution >= 0.6 is 0 Å². The molecule has 6 nitrogen and oxygen atoms in total. The van der Waals surface area contributed by atoms with Gasteiger partial charge in [0.25, 0.3) is 5.91 Å². The first-order valence-corrected chi connectivity index (χ1v) is 11.6. The Hall–Kier alpha value is -1.92. The molecule has 2 aliphatic heterocycles. The van der Waals surface area contributed by atoms with Crippen LogP contribution in [0.15, 0.2) is 24.3 Å². The van der Waals surface area contributed by atoms with Crippen molar-refractivity contribution in [2.24, 2.45) is 23.5 Å². The summed E-state index contributed by atoms with van der Waals surface area (Å²) in [7, 11) is 1.91. The van der Waals surface area contributed by atoms with Crippen LogP contribution < -0.4 is 5.73 Å². The summed E-state index contributed by atoms with van der Waals surface area (Å²) in [6.07, 6.45) is 5.88. The van der Waals surface area contributed by atoms with Gasteiger partial charge >= 0.3 is 0 Å². The Morgan fingerprint density at radius 2 is 1.63 bits per heavy atom. The maximum absolute atomic E-state index is 12.8. The summed E-state index contributed by atoms with van der Waals surface area (Å²) in [5, 5.41) is 0. The van der Waals surface area contributed by atoms with Gasteiger partial charge in [0.2, 0.25) is 5.91 Å². The Balaban J connectivity index is 1.22. The number of rotatable bonds is 7. The highest BCUT2D eigenvalue weighted by Crippen LogP contribution is 2.37. The van der Waals surface area contributed by atoms with Crippen LogP contribution in [0.2, 0.25) is 0 Å². The van der Waals surface area contributed by atoms with Crippen molar-refractivity contribution in [2.45, 2.75) is 38.6 Å². The summed E-state index contributed by atoms with van der Waals surface area (Å²) in [6, 6.07) is 8.01. The van der Waals surface area contributed by atoms with Crippen LogP contribution in [0.25, 0.3) is 0 Å². The van der Waals surface area contributed by atoms with Crippen LogP contribution in [0, 0.1) is 17.8 Å². The van der Waals surface area contributed by atoms with E-state index < -0.39 is 0 Å². The molecule has 4 rings (SSSR count). The highest BCUT2D eigenvalue weighted by Gasteiger charge is 2.35. The third-order valence-corrected chi connectivity index (χ3v) is 7.50. The number of amides is 2. The number of likely N-dealkylation sites (N-methyl/N-ethyl adjacent to an activating group) is 1. The van der Waals surface area contributed by atoms with Gasteiger partial charge in [-0.2, -0.15) is 0 Å². The van der Waals surface area contributed by atoms with Gasteiger partial charge in [0.05, 0.1) is 0 Å². The maximum atomic E-state index is 12.8. The molecule has 3 aliphatic rings. The molecule has 2 amide bonds. The summed E-state index contributed by atoms with van der Waals surface area (Å²) < 4.78 is 0. The van der Waals surface area contributed by atoms with Gasteiger partial charge in [-0.1, -0.05) is 18.6 Å². The second-order valence-corrected chi connectivity index (χ2v) is 9.59. The molecule has 1 saturated carbocycles. The lowest BCUT2D eigenvalue weighted by molar-refractivity contribution is -0.123. The molecular weight excluding hydrogens is 376 g/mol. The van der Waals surface area contributed by atoms with Gasteiger partial charge in [0.15, 0.2) is 0 Å². The monoisotopic (exact) mass is 412 g/mol. The van der Waals surface area contributed by atoms with E-state index in [9.17, 15) is 9.59 Å². The highest BCUT2D eigenvalue weighted by atomic mass is 16.2. The summed E-state index contributed by atoms with van der Waals surface area (Å²) in [4.78, 5) is 30.9. The van der Waals surface area contributed by atoms with Crippen molar-refractivity contribution >= 4 is 11.8 Å². The summed E-state index contributed by atoms with van der Waals surface area (Å²) in [5.74, 6) is 1.76. The van der Waals surface area contributed by atoms with Gasteiger partial charge in [0.1, 0.15) is 0 Å². The maximum Gasteiger partial charge on any atom is 0.253 e. The number of piperidine rings is 1. The van der Waals surface area contributed by atoms with Crippen LogP contribution in [0.4, 0.5) is 0 Å². The number of nitrogens with two attached hydrogens (primary N) is 1. The number of likely N-dealkylation sites (tertiary alicyclic amines) is 2. The minimum Gasteiger partial charge on any atom is -0.369 e. The van der Waals surface area contributed by atoms with Crippen LogP contribution in [0.1, 0.15) is 48.0 Å². The lowest BCUT2D eigenvalue weighted by Crippen LogP contribution is -2.38. The average Bonchev–Trinajstić information content (AvgIpc) is 3.34. The largest absolute Gasteiger partial charge is 0.369 e. The Morgan fingerprint density at radius 3 is 2.23 bits per heavy atom. The van der Waals surface area contributed by atoms with E-state index in [1.54, 1.807) is 0 Å². The van der Waals surface area contributed by atoms with Gasteiger partial charge in [-0.15, -0.1) is 0 Å². The Labute approximate surface area is 180 Å².